The van der Waals surface area contributed by atoms with E-state index in [0.29, 0.717) is 0 Å². The number of aromatic nitrogens is 1. The SMILES string of the molecule is S=C(CCCc1c[nH]c2ccccc12)SCCc1ccccc1Cl. The summed E-state index contributed by atoms with van der Waals surface area (Å²) in [6, 6.07) is 16.5. The molecule has 4 heteroatoms. The monoisotopic (exact) mass is 373 g/mol. The Morgan fingerprint density at radius 3 is 2.67 bits per heavy atom. The molecule has 3 aromatic rings. The van der Waals surface area contributed by atoms with Crippen molar-refractivity contribution >= 4 is 50.7 Å². The second-order valence-corrected chi connectivity index (χ2v) is 8.12. The number of nitrogens with one attached hydrogen (secondary N) is 1. The number of fused-ring (bicyclic) bond motifs is 1. The third-order valence-corrected chi connectivity index (χ3v) is 5.95. The molecule has 0 bridgehead atoms. The first-order chi connectivity index (χ1) is 11.7. The first-order valence-corrected chi connectivity index (χ1v) is 9.95. The van der Waals surface area contributed by atoms with Gasteiger partial charge < -0.3 is 4.98 Å². The third-order valence-electron chi connectivity index (χ3n) is 4.09. The van der Waals surface area contributed by atoms with Crippen molar-refractivity contribution in [2.24, 2.45) is 0 Å². The molecule has 1 nitrogen and oxygen atoms in total. The number of hydrogen-bond acceptors (Lipinski definition) is 2. The summed E-state index contributed by atoms with van der Waals surface area (Å²) in [5, 5.41) is 2.18. The van der Waals surface area contributed by atoms with Crippen molar-refractivity contribution in [2.75, 3.05) is 5.75 Å². The zero-order valence-corrected chi connectivity index (χ0v) is 15.8. The maximum atomic E-state index is 6.18. The summed E-state index contributed by atoms with van der Waals surface area (Å²) in [5.41, 5.74) is 3.80. The number of thiocarbonyl (C=S) groups is 1. The first kappa shape index (κ1) is 17.5. The minimum atomic E-state index is 0.850. The lowest BCUT2D eigenvalue weighted by Crippen LogP contribution is -1.96. The Balaban J connectivity index is 1.41. The van der Waals surface area contributed by atoms with E-state index in [1.807, 2.05) is 18.2 Å². The molecule has 0 amide bonds. The summed E-state index contributed by atoms with van der Waals surface area (Å²) in [7, 11) is 0. The Morgan fingerprint density at radius 2 is 1.79 bits per heavy atom. The minimum absolute atomic E-state index is 0.850. The van der Waals surface area contributed by atoms with Crippen LogP contribution >= 0.6 is 35.6 Å². The number of rotatable bonds is 7. The molecule has 124 valence electrons. The van der Waals surface area contributed by atoms with Gasteiger partial charge in [0.1, 0.15) is 0 Å². The highest BCUT2D eigenvalue weighted by Crippen LogP contribution is 2.22. The molecule has 24 heavy (non-hydrogen) atoms. The van der Waals surface area contributed by atoms with E-state index in [4.69, 9.17) is 23.8 Å². The van der Waals surface area contributed by atoms with Gasteiger partial charge in [-0.3, -0.25) is 0 Å². The average molecular weight is 374 g/mol. The fourth-order valence-electron chi connectivity index (χ4n) is 2.81. The summed E-state index contributed by atoms with van der Waals surface area (Å²) in [6.07, 6.45) is 6.24. The van der Waals surface area contributed by atoms with Gasteiger partial charge in [-0.05, 0) is 48.9 Å². The molecule has 0 saturated carbocycles. The molecule has 0 unspecified atom stereocenters. The molecule has 0 saturated heterocycles. The number of halogens is 1. The Kier molecular flexibility index (Phi) is 6.36. The Bertz CT molecular complexity index is 825. The number of benzene rings is 2. The molecule has 0 fully saturated rings. The minimum Gasteiger partial charge on any atom is -0.361 e. The van der Waals surface area contributed by atoms with Gasteiger partial charge >= 0.3 is 0 Å². The van der Waals surface area contributed by atoms with Crippen molar-refractivity contribution in [2.45, 2.75) is 25.7 Å². The van der Waals surface area contributed by atoms with Gasteiger partial charge in [0.15, 0.2) is 0 Å². The number of aryl methyl sites for hydroxylation is 2. The summed E-state index contributed by atoms with van der Waals surface area (Å²) in [5.74, 6) is 0.996. The molecule has 1 heterocycles. The molecule has 1 N–H and O–H groups in total. The number of H-pyrrole nitrogens is 1. The predicted molar refractivity (Wildman–Crippen MR) is 111 cm³/mol. The van der Waals surface area contributed by atoms with Crippen LogP contribution in [0.2, 0.25) is 5.02 Å². The van der Waals surface area contributed by atoms with Gasteiger partial charge in [-0.2, -0.15) is 0 Å². The van der Waals surface area contributed by atoms with Crippen LogP contribution in [0.4, 0.5) is 0 Å². The summed E-state index contributed by atoms with van der Waals surface area (Å²) < 4.78 is 1.10. The number of aromatic amines is 1. The number of thioether (sulfide) groups is 1. The first-order valence-electron chi connectivity index (χ1n) is 8.18. The molecule has 0 aliphatic heterocycles. The fourth-order valence-corrected chi connectivity index (χ4v) is 4.27. The standard InChI is InChI=1S/C20H20ClNS2/c21-18-9-3-1-6-15(18)12-13-24-20(23)11-5-7-16-14-22-19-10-4-2-8-17(16)19/h1-4,6,8-10,14,22H,5,7,11-13H2. The van der Waals surface area contributed by atoms with E-state index in [2.05, 4.69) is 41.5 Å². The van der Waals surface area contributed by atoms with Gasteiger partial charge in [-0.1, -0.05) is 60.2 Å². The molecule has 0 aliphatic carbocycles. The van der Waals surface area contributed by atoms with Gasteiger partial charge in [-0.25, -0.2) is 0 Å². The second kappa shape index (κ2) is 8.70. The largest absolute Gasteiger partial charge is 0.361 e. The van der Waals surface area contributed by atoms with E-state index in [1.165, 1.54) is 22.0 Å². The van der Waals surface area contributed by atoms with E-state index in [0.717, 1.165) is 40.7 Å². The lowest BCUT2D eigenvalue weighted by Gasteiger charge is -2.05. The highest BCUT2D eigenvalue weighted by Gasteiger charge is 2.05. The molecular weight excluding hydrogens is 354 g/mol. The van der Waals surface area contributed by atoms with Crippen LogP contribution in [0.1, 0.15) is 24.0 Å². The van der Waals surface area contributed by atoms with E-state index in [-0.39, 0.29) is 0 Å². The average Bonchev–Trinajstić information content (AvgIpc) is 3.00. The lowest BCUT2D eigenvalue weighted by molar-refractivity contribution is 0.882. The molecule has 1 aromatic heterocycles. The summed E-state index contributed by atoms with van der Waals surface area (Å²) in [6.45, 7) is 0. The quantitative estimate of drug-likeness (QED) is 0.479. The van der Waals surface area contributed by atoms with Crippen LogP contribution in [0.15, 0.2) is 54.7 Å². The molecule has 0 aliphatic rings. The highest BCUT2D eigenvalue weighted by atomic mass is 35.5. The summed E-state index contributed by atoms with van der Waals surface area (Å²) in [4.78, 5) is 3.33. The van der Waals surface area contributed by atoms with Crippen molar-refractivity contribution in [3.05, 3.63) is 70.9 Å². The van der Waals surface area contributed by atoms with Crippen molar-refractivity contribution < 1.29 is 0 Å². The highest BCUT2D eigenvalue weighted by molar-refractivity contribution is 8.23. The van der Waals surface area contributed by atoms with E-state index >= 15 is 0 Å². The molecule has 0 radical (unpaired) electrons. The Hall–Kier alpha value is -1.29. The van der Waals surface area contributed by atoms with Gasteiger partial charge in [0, 0.05) is 32.1 Å². The zero-order valence-electron chi connectivity index (χ0n) is 13.4. The molecule has 0 atom stereocenters. The fraction of sp³-hybridized carbons (Fsp3) is 0.250. The number of para-hydroxylation sites is 1. The van der Waals surface area contributed by atoms with Crippen LogP contribution < -0.4 is 0 Å². The maximum Gasteiger partial charge on any atom is 0.0478 e. The second-order valence-electron chi connectivity index (χ2n) is 5.77. The van der Waals surface area contributed by atoms with E-state index in [1.54, 1.807) is 11.8 Å². The van der Waals surface area contributed by atoms with Gasteiger partial charge in [0.25, 0.3) is 0 Å². The smallest absolute Gasteiger partial charge is 0.0478 e. The normalized spacial score (nSPS) is 11.0. The number of hydrogen-bond donors (Lipinski definition) is 1. The van der Waals surface area contributed by atoms with Crippen molar-refractivity contribution in [1.82, 2.24) is 4.98 Å². The van der Waals surface area contributed by atoms with Crippen molar-refractivity contribution in [3.8, 4) is 0 Å². The Labute approximate surface area is 157 Å². The molecule has 2 aromatic carbocycles. The molecular formula is C20H20ClNS2. The topological polar surface area (TPSA) is 15.8 Å². The lowest BCUT2D eigenvalue weighted by atomic mass is 10.1. The van der Waals surface area contributed by atoms with Crippen molar-refractivity contribution in [3.63, 3.8) is 0 Å². The summed E-state index contributed by atoms with van der Waals surface area (Å²) >= 11 is 13.5. The van der Waals surface area contributed by atoms with Crippen LogP contribution in [-0.4, -0.2) is 14.9 Å². The van der Waals surface area contributed by atoms with Crippen LogP contribution in [0, 0.1) is 0 Å². The predicted octanol–water partition coefficient (Wildman–Crippen LogP) is 6.45. The van der Waals surface area contributed by atoms with Crippen molar-refractivity contribution in [1.29, 1.82) is 0 Å². The van der Waals surface area contributed by atoms with Crippen LogP contribution in [-0.2, 0) is 12.8 Å². The third kappa shape index (κ3) is 4.62. The van der Waals surface area contributed by atoms with Crippen LogP contribution in [0.25, 0.3) is 10.9 Å². The Morgan fingerprint density at radius 1 is 1.00 bits per heavy atom. The molecule has 0 spiro atoms. The van der Waals surface area contributed by atoms with E-state index < -0.39 is 0 Å². The van der Waals surface area contributed by atoms with Gasteiger partial charge in [0.05, 0.1) is 0 Å². The van der Waals surface area contributed by atoms with Gasteiger partial charge in [-0.15, -0.1) is 11.8 Å². The van der Waals surface area contributed by atoms with Crippen LogP contribution in [0.5, 0.6) is 0 Å². The van der Waals surface area contributed by atoms with Crippen LogP contribution in [0.3, 0.4) is 0 Å². The zero-order chi connectivity index (χ0) is 16.8. The maximum absolute atomic E-state index is 6.18. The molecule has 3 rings (SSSR count). The van der Waals surface area contributed by atoms with E-state index in [9.17, 15) is 0 Å². The van der Waals surface area contributed by atoms with Gasteiger partial charge in [0.2, 0.25) is 0 Å².